The van der Waals surface area contributed by atoms with Gasteiger partial charge in [-0.3, -0.25) is 4.79 Å². The topological polar surface area (TPSA) is 64.4 Å². The molecule has 0 aliphatic carbocycles. The largest absolute Gasteiger partial charge is 0.482 e. The molecule has 0 aliphatic heterocycles. The fraction of sp³-hybridized carbons (Fsp3) is 0.200. The summed E-state index contributed by atoms with van der Waals surface area (Å²) in [6.07, 6.45) is 1.08. The van der Waals surface area contributed by atoms with Crippen molar-refractivity contribution in [1.82, 2.24) is 4.98 Å². The third-order valence-electron chi connectivity index (χ3n) is 5.20. The zero-order valence-electron chi connectivity index (χ0n) is 17.4. The first-order valence-corrected chi connectivity index (χ1v) is 10.6. The Morgan fingerprint density at radius 2 is 1.90 bits per heavy atom. The van der Waals surface area contributed by atoms with Crippen molar-refractivity contribution < 1.29 is 13.9 Å². The molecule has 0 saturated heterocycles. The van der Waals surface area contributed by atoms with Crippen molar-refractivity contribution in [1.29, 1.82) is 0 Å². The molecule has 1 atom stereocenters. The molecule has 0 radical (unpaired) electrons. The Labute approximate surface area is 186 Å². The Balaban J connectivity index is 1.42. The zero-order chi connectivity index (χ0) is 21.8. The molecule has 0 spiro atoms. The average Bonchev–Trinajstić information content (AvgIpc) is 3.22. The van der Waals surface area contributed by atoms with Gasteiger partial charge in [0.15, 0.2) is 12.2 Å². The predicted molar refractivity (Wildman–Crippen MR) is 124 cm³/mol. The van der Waals surface area contributed by atoms with Crippen LogP contribution in [0.4, 0.5) is 5.69 Å². The van der Waals surface area contributed by atoms with Crippen LogP contribution in [0.25, 0.3) is 22.6 Å². The molecule has 0 bridgehead atoms. The van der Waals surface area contributed by atoms with Crippen molar-refractivity contribution in [2.24, 2.45) is 0 Å². The average molecular weight is 435 g/mol. The second-order valence-corrected chi connectivity index (χ2v) is 7.81. The van der Waals surface area contributed by atoms with E-state index in [0.717, 1.165) is 23.1 Å². The number of hydrogen-bond donors (Lipinski definition) is 1. The van der Waals surface area contributed by atoms with E-state index in [-0.39, 0.29) is 12.5 Å². The van der Waals surface area contributed by atoms with Crippen molar-refractivity contribution in [2.45, 2.75) is 26.2 Å². The molecular formula is C25H23ClN2O3. The van der Waals surface area contributed by atoms with Crippen LogP contribution in [-0.4, -0.2) is 17.5 Å². The molecule has 0 aliphatic rings. The predicted octanol–water partition coefficient (Wildman–Crippen LogP) is 6.68. The highest BCUT2D eigenvalue weighted by Crippen LogP contribution is 2.28. The molecule has 4 aromatic rings. The van der Waals surface area contributed by atoms with E-state index in [1.54, 1.807) is 24.3 Å². The van der Waals surface area contributed by atoms with E-state index in [0.29, 0.717) is 28.3 Å². The number of nitrogens with one attached hydrogen (secondary N) is 1. The molecule has 31 heavy (non-hydrogen) atoms. The number of carbonyl (C=O) groups excluding carboxylic acids is 1. The maximum absolute atomic E-state index is 12.2. The van der Waals surface area contributed by atoms with E-state index in [1.807, 2.05) is 30.3 Å². The summed E-state index contributed by atoms with van der Waals surface area (Å²) in [5.41, 5.74) is 4.36. The molecule has 0 saturated carbocycles. The standard InChI is InChI=1S/C25H23ClN2O3/c1-3-16(2)18-10-13-23-21(14-18)28-25(31-23)17-8-11-19(12-9-17)27-24(29)15-30-22-7-5-4-6-20(22)26/h4-14,16H,3,15H2,1-2H3,(H,27,29)/t16-/m1/s1. The molecule has 4 rings (SSSR count). The summed E-state index contributed by atoms with van der Waals surface area (Å²) in [4.78, 5) is 16.8. The molecule has 6 heteroatoms. The van der Waals surface area contributed by atoms with Crippen LogP contribution in [-0.2, 0) is 4.79 Å². The minimum atomic E-state index is -0.271. The van der Waals surface area contributed by atoms with Crippen LogP contribution in [0.15, 0.2) is 71.1 Å². The molecule has 1 heterocycles. The normalized spacial score (nSPS) is 12.0. The van der Waals surface area contributed by atoms with E-state index in [9.17, 15) is 4.79 Å². The number of fused-ring (bicyclic) bond motifs is 1. The second-order valence-electron chi connectivity index (χ2n) is 7.40. The van der Waals surface area contributed by atoms with Gasteiger partial charge < -0.3 is 14.5 Å². The molecule has 1 aromatic heterocycles. The summed E-state index contributed by atoms with van der Waals surface area (Å²) in [6, 6.07) is 20.5. The van der Waals surface area contributed by atoms with Gasteiger partial charge in [-0.2, -0.15) is 0 Å². The van der Waals surface area contributed by atoms with Gasteiger partial charge in [-0.1, -0.05) is 43.6 Å². The van der Waals surface area contributed by atoms with E-state index in [4.69, 9.17) is 20.8 Å². The van der Waals surface area contributed by atoms with Crippen molar-refractivity contribution in [3.8, 4) is 17.2 Å². The second kappa shape index (κ2) is 9.23. The summed E-state index contributed by atoms with van der Waals surface area (Å²) in [7, 11) is 0. The number of anilines is 1. The maximum Gasteiger partial charge on any atom is 0.262 e. The lowest BCUT2D eigenvalue weighted by atomic mass is 9.98. The van der Waals surface area contributed by atoms with Gasteiger partial charge in [0.25, 0.3) is 5.91 Å². The number of carbonyl (C=O) groups is 1. The van der Waals surface area contributed by atoms with Gasteiger partial charge in [0.2, 0.25) is 5.89 Å². The number of halogens is 1. The van der Waals surface area contributed by atoms with E-state index >= 15 is 0 Å². The Kier molecular flexibility index (Phi) is 6.23. The summed E-state index contributed by atoms with van der Waals surface area (Å²) < 4.78 is 11.4. The first kappa shape index (κ1) is 20.9. The van der Waals surface area contributed by atoms with Crippen LogP contribution < -0.4 is 10.1 Å². The number of oxazole rings is 1. The van der Waals surface area contributed by atoms with E-state index < -0.39 is 0 Å². The van der Waals surface area contributed by atoms with Gasteiger partial charge in [0.05, 0.1) is 5.02 Å². The van der Waals surface area contributed by atoms with Gasteiger partial charge in [-0.25, -0.2) is 4.98 Å². The van der Waals surface area contributed by atoms with Crippen LogP contribution >= 0.6 is 11.6 Å². The van der Waals surface area contributed by atoms with Gasteiger partial charge in [0, 0.05) is 11.3 Å². The minimum Gasteiger partial charge on any atom is -0.482 e. The highest BCUT2D eigenvalue weighted by atomic mass is 35.5. The maximum atomic E-state index is 12.2. The van der Waals surface area contributed by atoms with Crippen molar-refractivity contribution in [2.75, 3.05) is 11.9 Å². The summed E-state index contributed by atoms with van der Waals surface area (Å²) in [6.45, 7) is 4.25. The molecule has 158 valence electrons. The molecular weight excluding hydrogens is 412 g/mol. The van der Waals surface area contributed by atoms with Crippen LogP contribution in [0.5, 0.6) is 5.75 Å². The quantitative estimate of drug-likeness (QED) is 0.352. The molecule has 3 aromatic carbocycles. The Hall–Kier alpha value is -3.31. The highest BCUT2D eigenvalue weighted by molar-refractivity contribution is 6.32. The third kappa shape index (κ3) is 4.89. The Morgan fingerprint density at radius 1 is 1.13 bits per heavy atom. The number of para-hydroxylation sites is 1. The molecule has 5 nitrogen and oxygen atoms in total. The molecule has 0 unspecified atom stereocenters. The number of rotatable bonds is 7. The molecule has 0 fully saturated rings. The van der Waals surface area contributed by atoms with Crippen LogP contribution in [0.2, 0.25) is 5.02 Å². The molecule has 1 N–H and O–H groups in total. The summed E-state index contributed by atoms with van der Waals surface area (Å²) in [5, 5.41) is 3.27. The number of benzene rings is 3. The lowest BCUT2D eigenvalue weighted by Crippen LogP contribution is -2.20. The highest BCUT2D eigenvalue weighted by Gasteiger charge is 2.12. The van der Waals surface area contributed by atoms with Gasteiger partial charge in [-0.05, 0) is 66.4 Å². The first-order valence-electron chi connectivity index (χ1n) is 10.2. The fourth-order valence-electron chi connectivity index (χ4n) is 3.21. The number of aromatic nitrogens is 1. The summed E-state index contributed by atoms with van der Waals surface area (Å²) in [5.74, 6) is 1.24. The zero-order valence-corrected chi connectivity index (χ0v) is 18.1. The Morgan fingerprint density at radius 3 is 2.65 bits per heavy atom. The first-order chi connectivity index (χ1) is 15.0. The van der Waals surface area contributed by atoms with Gasteiger partial charge >= 0.3 is 0 Å². The third-order valence-corrected chi connectivity index (χ3v) is 5.52. The molecule has 1 amide bonds. The number of amides is 1. The van der Waals surface area contributed by atoms with Gasteiger partial charge in [0.1, 0.15) is 11.3 Å². The fourth-order valence-corrected chi connectivity index (χ4v) is 3.40. The van der Waals surface area contributed by atoms with Crippen LogP contribution in [0, 0.1) is 0 Å². The van der Waals surface area contributed by atoms with Crippen molar-refractivity contribution in [3.05, 3.63) is 77.3 Å². The SMILES string of the molecule is CC[C@@H](C)c1ccc2oc(-c3ccc(NC(=O)COc4ccccc4Cl)cc3)nc2c1. The number of ether oxygens (including phenoxy) is 1. The van der Waals surface area contributed by atoms with Crippen molar-refractivity contribution in [3.63, 3.8) is 0 Å². The summed E-state index contributed by atoms with van der Waals surface area (Å²) >= 11 is 6.03. The Bertz CT molecular complexity index is 1200. The van der Waals surface area contributed by atoms with E-state index in [2.05, 4.69) is 36.3 Å². The minimum absolute atomic E-state index is 0.130. The number of nitrogens with zero attached hydrogens (tertiary/aromatic N) is 1. The number of hydrogen-bond acceptors (Lipinski definition) is 4. The van der Waals surface area contributed by atoms with E-state index in [1.165, 1.54) is 5.56 Å². The monoisotopic (exact) mass is 434 g/mol. The van der Waals surface area contributed by atoms with Crippen molar-refractivity contribution >= 4 is 34.3 Å². The smallest absolute Gasteiger partial charge is 0.262 e. The lowest BCUT2D eigenvalue weighted by molar-refractivity contribution is -0.118. The van der Waals surface area contributed by atoms with Crippen LogP contribution in [0.3, 0.4) is 0 Å². The van der Waals surface area contributed by atoms with Crippen LogP contribution in [0.1, 0.15) is 31.7 Å². The lowest BCUT2D eigenvalue weighted by Gasteiger charge is -2.08. The van der Waals surface area contributed by atoms with Gasteiger partial charge in [-0.15, -0.1) is 0 Å².